The van der Waals surface area contributed by atoms with Crippen LogP contribution in [-0.2, 0) is 4.74 Å². The van der Waals surface area contributed by atoms with Crippen molar-refractivity contribution in [2.45, 2.75) is 26.3 Å². The molecule has 0 saturated carbocycles. The number of imidazole rings is 1. The van der Waals surface area contributed by atoms with E-state index < -0.39 is 0 Å². The lowest BCUT2D eigenvalue weighted by atomic mass is 10.0. The summed E-state index contributed by atoms with van der Waals surface area (Å²) in [4.78, 5) is 20.5. The van der Waals surface area contributed by atoms with Crippen molar-refractivity contribution in [1.82, 2.24) is 14.5 Å². The molecule has 128 valence electrons. The first-order valence-corrected chi connectivity index (χ1v) is 8.43. The average Bonchev–Trinajstić information content (AvgIpc) is 3.18. The van der Waals surface area contributed by atoms with Gasteiger partial charge in [-0.2, -0.15) is 0 Å². The standard InChI is InChI=1S/C20H21N3O2/c1-3-19(23-12-11-21-14-23)18-10-9-17(13-22-18)15-5-7-16(8-6-15)20(24)25-4-2/h5-14,19H,3-4H2,1-2H3. The summed E-state index contributed by atoms with van der Waals surface area (Å²) >= 11 is 0. The molecular formula is C20H21N3O2. The van der Waals surface area contributed by atoms with Gasteiger partial charge in [0.1, 0.15) is 0 Å². The highest BCUT2D eigenvalue weighted by Gasteiger charge is 2.12. The van der Waals surface area contributed by atoms with Gasteiger partial charge in [0.2, 0.25) is 0 Å². The zero-order valence-corrected chi connectivity index (χ0v) is 14.4. The first-order chi connectivity index (χ1) is 12.2. The first-order valence-electron chi connectivity index (χ1n) is 8.43. The fourth-order valence-corrected chi connectivity index (χ4v) is 2.81. The van der Waals surface area contributed by atoms with Crippen molar-refractivity contribution in [2.24, 2.45) is 0 Å². The summed E-state index contributed by atoms with van der Waals surface area (Å²) in [5, 5.41) is 0. The van der Waals surface area contributed by atoms with Crippen molar-refractivity contribution in [1.29, 1.82) is 0 Å². The van der Waals surface area contributed by atoms with Gasteiger partial charge >= 0.3 is 5.97 Å². The lowest BCUT2D eigenvalue weighted by Crippen LogP contribution is -2.09. The van der Waals surface area contributed by atoms with Crippen LogP contribution in [0.1, 0.15) is 42.4 Å². The second-order valence-electron chi connectivity index (χ2n) is 5.70. The topological polar surface area (TPSA) is 57.0 Å². The maximum atomic E-state index is 11.7. The van der Waals surface area contributed by atoms with E-state index in [0.717, 1.165) is 23.2 Å². The fraction of sp³-hybridized carbons (Fsp3) is 0.250. The van der Waals surface area contributed by atoms with Crippen LogP contribution in [0.2, 0.25) is 0 Å². The third kappa shape index (κ3) is 3.76. The first kappa shape index (κ1) is 16.9. The van der Waals surface area contributed by atoms with Gasteiger partial charge < -0.3 is 9.30 Å². The molecule has 0 aliphatic heterocycles. The number of hydrogen-bond acceptors (Lipinski definition) is 4. The number of benzene rings is 1. The highest BCUT2D eigenvalue weighted by Crippen LogP contribution is 2.24. The van der Waals surface area contributed by atoms with Crippen molar-refractivity contribution in [3.63, 3.8) is 0 Å². The Bertz CT molecular complexity index is 809. The Morgan fingerprint density at radius 1 is 1.12 bits per heavy atom. The molecule has 5 heteroatoms. The maximum Gasteiger partial charge on any atom is 0.338 e. The minimum absolute atomic E-state index is 0.183. The quantitative estimate of drug-likeness (QED) is 0.636. The maximum absolute atomic E-state index is 11.7. The van der Waals surface area contributed by atoms with Crippen molar-refractivity contribution in [3.05, 3.63) is 72.6 Å². The molecule has 0 aliphatic carbocycles. The molecule has 1 aromatic carbocycles. The summed E-state index contributed by atoms with van der Waals surface area (Å²) < 4.78 is 7.07. The van der Waals surface area contributed by atoms with E-state index in [1.807, 2.05) is 36.9 Å². The Balaban J connectivity index is 1.79. The van der Waals surface area contributed by atoms with E-state index in [1.165, 1.54) is 0 Å². The van der Waals surface area contributed by atoms with E-state index in [0.29, 0.717) is 12.2 Å². The number of carbonyl (C=O) groups excluding carboxylic acids is 1. The molecule has 3 rings (SSSR count). The molecule has 5 nitrogen and oxygen atoms in total. The number of pyridine rings is 1. The van der Waals surface area contributed by atoms with Crippen LogP contribution in [0.15, 0.2) is 61.3 Å². The number of nitrogens with zero attached hydrogens (tertiary/aromatic N) is 3. The van der Waals surface area contributed by atoms with Crippen molar-refractivity contribution < 1.29 is 9.53 Å². The van der Waals surface area contributed by atoms with E-state index >= 15 is 0 Å². The van der Waals surface area contributed by atoms with Gasteiger partial charge in [-0.25, -0.2) is 9.78 Å². The third-order valence-corrected chi connectivity index (χ3v) is 4.13. The molecule has 0 bridgehead atoms. The molecule has 2 aromatic heterocycles. The monoisotopic (exact) mass is 335 g/mol. The van der Waals surface area contributed by atoms with Crippen LogP contribution in [0, 0.1) is 0 Å². The molecule has 0 amide bonds. The van der Waals surface area contributed by atoms with Gasteiger partial charge in [-0.1, -0.05) is 25.1 Å². The number of rotatable bonds is 6. The molecule has 0 radical (unpaired) electrons. The Morgan fingerprint density at radius 3 is 2.44 bits per heavy atom. The number of carbonyl (C=O) groups is 1. The van der Waals surface area contributed by atoms with Crippen molar-refractivity contribution in [2.75, 3.05) is 6.61 Å². The Morgan fingerprint density at radius 2 is 1.88 bits per heavy atom. The molecule has 0 N–H and O–H groups in total. The van der Waals surface area contributed by atoms with Crippen LogP contribution in [0.4, 0.5) is 0 Å². The van der Waals surface area contributed by atoms with E-state index in [1.54, 1.807) is 25.3 Å². The van der Waals surface area contributed by atoms with Crippen LogP contribution >= 0.6 is 0 Å². The molecule has 1 unspecified atom stereocenters. The van der Waals surface area contributed by atoms with Crippen LogP contribution in [0.3, 0.4) is 0 Å². The Kier molecular flexibility index (Phi) is 5.23. The molecule has 0 spiro atoms. The summed E-state index contributed by atoms with van der Waals surface area (Å²) in [6, 6.07) is 11.7. The van der Waals surface area contributed by atoms with E-state index in [-0.39, 0.29) is 12.0 Å². The predicted octanol–water partition coefficient (Wildman–Crippen LogP) is 4.12. The van der Waals surface area contributed by atoms with Crippen LogP contribution < -0.4 is 0 Å². The molecule has 0 saturated heterocycles. The van der Waals surface area contributed by atoms with Gasteiger partial charge in [0, 0.05) is 24.2 Å². The van der Waals surface area contributed by atoms with E-state index in [2.05, 4.69) is 27.5 Å². The molecule has 0 aliphatic rings. The smallest absolute Gasteiger partial charge is 0.338 e. The molecule has 0 fully saturated rings. The highest BCUT2D eigenvalue weighted by molar-refractivity contribution is 5.90. The normalized spacial score (nSPS) is 11.9. The molecule has 1 atom stereocenters. The summed E-state index contributed by atoms with van der Waals surface area (Å²) in [6.07, 6.45) is 8.36. The minimum Gasteiger partial charge on any atom is -0.462 e. The van der Waals surface area contributed by atoms with E-state index in [9.17, 15) is 4.79 Å². The lowest BCUT2D eigenvalue weighted by molar-refractivity contribution is 0.0526. The number of esters is 1. The Hall–Kier alpha value is -2.95. The van der Waals surface area contributed by atoms with Crippen LogP contribution in [0.5, 0.6) is 0 Å². The predicted molar refractivity (Wildman–Crippen MR) is 96.3 cm³/mol. The minimum atomic E-state index is -0.298. The van der Waals surface area contributed by atoms with Gasteiger partial charge in [-0.3, -0.25) is 4.98 Å². The zero-order chi connectivity index (χ0) is 17.6. The van der Waals surface area contributed by atoms with Gasteiger partial charge in [-0.15, -0.1) is 0 Å². The Labute approximate surface area is 147 Å². The summed E-state index contributed by atoms with van der Waals surface area (Å²) in [5.41, 5.74) is 3.59. The van der Waals surface area contributed by atoms with Gasteiger partial charge in [0.15, 0.2) is 0 Å². The average molecular weight is 335 g/mol. The van der Waals surface area contributed by atoms with Crippen LogP contribution in [-0.4, -0.2) is 27.1 Å². The second-order valence-corrected chi connectivity index (χ2v) is 5.70. The summed E-state index contributed by atoms with van der Waals surface area (Å²) in [5.74, 6) is -0.298. The molecule has 3 aromatic rings. The van der Waals surface area contributed by atoms with Crippen molar-refractivity contribution in [3.8, 4) is 11.1 Å². The van der Waals surface area contributed by atoms with Gasteiger partial charge in [0.05, 0.1) is 30.2 Å². The SMILES string of the molecule is CCOC(=O)c1ccc(-c2ccc(C(CC)n3ccnc3)nc2)cc1. The summed E-state index contributed by atoms with van der Waals surface area (Å²) in [6.45, 7) is 4.31. The van der Waals surface area contributed by atoms with Gasteiger partial charge in [-0.05, 0) is 37.1 Å². The fourth-order valence-electron chi connectivity index (χ4n) is 2.81. The van der Waals surface area contributed by atoms with Gasteiger partial charge in [0.25, 0.3) is 0 Å². The third-order valence-electron chi connectivity index (χ3n) is 4.13. The largest absolute Gasteiger partial charge is 0.462 e. The zero-order valence-electron chi connectivity index (χ0n) is 14.4. The molecule has 25 heavy (non-hydrogen) atoms. The number of hydrogen-bond donors (Lipinski definition) is 0. The van der Waals surface area contributed by atoms with E-state index in [4.69, 9.17) is 4.74 Å². The summed E-state index contributed by atoms with van der Waals surface area (Å²) in [7, 11) is 0. The van der Waals surface area contributed by atoms with Crippen LogP contribution in [0.25, 0.3) is 11.1 Å². The highest BCUT2D eigenvalue weighted by atomic mass is 16.5. The number of aromatic nitrogens is 3. The molecule has 2 heterocycles. The lowest BCUT2D eigenvalue weighted by Gasteiger charge is -2.16. The number of ether oxygens (including phenoxy) is 1. The molecular weight excluding hydrogens is 314 g/mol. The van der Waals surface area contributed by atoms with Crippen molar-refractivity contribution >= 4 is 5.97 Å². The second kappa shape index (κ2) is 7.75.